The lowest BCUT2D eigenvalue weighted by atomic mass is 10.2. The van der Waals surface area contributed by atoms with Crippen LogP contribution in [0.5, 0.6) is 0 Å². The summed E-state index contributed by atoms with van der Waals surface area (Å²) in [5, 5.41) is 12.8. The Morgan fingerprint density at radius 2 is 1.91 bits per heavy atom. The van der Waals surface area contributed by atoms with Gasteiger partial charge in [0, 0.05) is 37.6 Å². The van der Waals surface area contributed by atoms with Gasteiger partial charge in [0.15, 0.2) is 0 Å². The Morgan fingerprint density at radius 3 is 2.70 bits per heavy atom. The van der Waals surface area contributed by atoms with Crippen LogP contribution >= 0.6 is 11.6 Å². The van der Waals surface area contributed by atoms with Crippen LogP contribution in [0, 0.1) is 0 Å². The minimum Gasteiger partial charge on any atom is -0.382 e. The van der Waals surface area contributed by atoms with E-state index in [9.17, 15) is 9.59 Å². The van der Waals surface area contributed by atoms with E-state index in [0.717, 1.165) is 17.5 Å². The Bertz CT molecular complexity index is 1310. The molecule has 9 heteroatoms. The second-order valence-electron chi connectivity index (χ2n) is 7.69. The molecule has 0 atom stereocenters. The van der Waals surface area contributed by atoms with E-state index in [1.807, 2.05) is 41.7 Å². The van der Waals surface area contributed by atoms with E-state index < -0.39 is 0 Å². The van der Waals surface area contributed by atoms with E-state index in [1.54, 1.807) is 22.8 Å². The zero-order valence-electron chi connectivity index (χ0n) is 18.5. The molecule has 0 bridgehead atoms. The zero-order valence-corrected chi connectivity index (χ0v) is 19.2. The van der Waals surface area contributed by atoms with Gasteiger partial charge in [-0.1, -0.05) is 35.9 Å². The second-order valence-corrected chi connectivity index (χ2v) is 8.12. The summed E-state index contributed by atoms with van der Waals surface area (Å²) in [5.74, 6) is 1.03. The lowest BCUT2D eigenvalue weighted by molar-refractivity contribution is -0.121. The molecule has 1 amide bonds. The third-order valence-electron chi connectivity index (χ3n) is 5.40. The molecule has 0 saturated heterocycles. The van der Waals surface area contributed by atoms with E-state index in [1.165, 1.54) is 0 Å². The fourth-order valence-corrected chi connectivity index (χ4v) is 3.88. The van der Waals surface area contributed by atoms with Gasteiger partial charge < -0.3 is 10.1 Å². The normalized spacial score (nSPS) is 11.3. The van der Waals surface area contributed by atoms with Crippen molar-refractivity contribution in [1.29, 1.82) is 0 Å². The maximum atomic E-state index is 13.3. The molecule has 0 unspecified atom stereocenters. The highest BCUT2D eigenvalue weighted by atomic mass is 35.5. The molecular formula is C24H26ClN5O3. The van der Waals surface area contributed by atoms with Crippen molar-refractivity contribution in [1.82, 2.24) is 24.5 Å². The van der Waals surface area contributed by atoms with Gasteiger partial charge in [-0.2, -0.15) is 0 Å². The number of halogens is 1. The molecule has 0 spiro atoms. The van der Waals surface area contributed by atoms with E-state index in [0.29, 0.717) is 54.7 Å². The predicted octanol–water partition coefficient (Wildman–Crippen LogP) is 3.22. The summed E-state index contributed by atoms with van der Waals surface area (Å²) in [7, 11) is 0. The topological polar surface area (TPSA) is 90.5 Å². The van der Waals surface area contributed by atoms with Crippen molar-refractivity contribution in [2.75, 3.05) is 19.8 Å². The Morgan fingerprint density at radius 1 is 1.12 bits per heavy atom. The number of ether oxygens (including phenoxy) is 1. The third kappa shape index (κ3) is 5.23. The number of carbonyl (C=O) groups excluding carboxylic acids is 1. The van der Waals surface area contributed by atoms with E-state index in [-0.39, 0.29) is 17.9 Å². The van der Waals surface area contributed by atoms with Gasteiger partial charge in [0.25, 0.3) is 5.56 Å². The number of benzene rings is 2. The fourth-order valence-electron chi connectivity index (χ4n) is 3.75. The van der Waals surface area contributed by atoms with Gasteiger partial charge in [-0.05, 0) is 43.2 Å². The van der Waals surface area contributed by atoms with Crippen LogP contribution in [0.1, 0.15) is 31.2 Å². The Hall–Kier alpha value is -3.23. The first-order valence-electron chi connectivity index (χ1n) is 11.0. The highest BCUT2D eigenvalue weighted by Crippen LogP contribution is 2.17. The van der Waals surface area contributed by atoms with Crippen LogP contribution < -0.4 is 10.9 Å². The van der Waals surface area contributed by atoms with Crippen molar-refractivity contribution in [3.8, 4) is 0 Å². The molecule has 0 radical (unpaired) electrons. The maximum absolute atomic E-state index is 13.3. The summed E-state index contributed by atoms with van der Waals surface area (Å²) in [6, 6.07) is 14.7. The van der Waals surface area contributed by atoms with Crippen molar-refractivity contribution < 1.29 is 9.53 Å². The summed E-state index contributed by atoms with van der Waals surface area (Å²) in [5.41, 5.74) is 1.51. The second kappa shape index (κ2) is 10.6. The summed E-state index contributed by atoms with van der Waals surface area (Å²) in [4.78, 5) is 25.5. The van der Waals surface area contributed by atoms with Gasteiger partial charge in [0.05, 0.1) is 17.4 Å². The number of fused-ring (bicyclic) bond motifs is 3. The van der Waals surface area contributed by atoms with Crippen LogP contribution in [-0.2, 0) is 22.5 Å². The maximum Gasteiger partial charge on any atom is 0.263 e. The molecule has 8 nitrogen and oxygen atoms in total. The number of aryl methyl sites for hydroxylation is 1. The van der Waals surface area contributed by atoms with Crippen molar-refractivity contribution in [2.45, 2.75) is 32.7 Å². The number of hydrogen-bond acceptors (Lipinski definition) is 5. The van der Waals surface area contributed by atoms with E-state index in [2.05, 4.69) is 15.5 Å². The average molecular weight is 468 g/mol. The lowest BCUT2D eigenvalue weighted by Gasteiger charge is -2.12. The minimum atomic E-state index is -0.140. The van der Waals surface area contributed by atoms with Crippen molar-refractivity contribution in [3.05, 3.63) is 75.3 Å². The molecule has 0 saturated carbocycles. The van der Waals surface area contributed by atoms with Gasteiger partial charge in [-0.3, -0.25) is 18.6 Å². The highest BCUT2D eigenvalue weighted by Gasteiger charge is 2.17. The van der Waals surface area contributed by atoms with Crippen LogP contribution in [0.2, 0.25) is 5.02 Å². The highest BCUT2D eigenvalue weighted by molar-refractivity contribution is 6.30. The molecule has 0 aliphatic heterocycles. The number of nitrogens with one attached hydrogen (secondary N) is 1. The number of amides is 1. The summed E-state index contributed by atoms with van der Waals surface area (Å²) >= 11 is 6.00. The van der Waals surface area contributed by atoms with Gasteiger partial charge in [0.1, 0.15) is 5.82 Å². The molecule has 2 aromatic heterocycles. The number of rotatable bonds is 10. The van der Waals surface area contributed by atoms with Crippen LogP contribution in [0.4, 0.5) is 0 Å². The Balaban J connectivity index is 1.61. The van der Waals surface area contributed by atoms with E-state index >= 15 is 0 Å². The summed E-state index contributed by atoms with van der Waals surface area (Å²) < 4.78 is 8.76. The number of hydrogen-bond donors (Lipinski definition) is 1. The Labute approximate surface area is 196 Å². The van der Waals surface area contributed by atoms with Crippen LogP contribution in [-0.4, -0.2) is 44.8 Å². The molecule has 33 heavy (non-hydrogen) atoms. The molecule has 0 aliphatic carbocycles. The number of aromatic nitrogens is 4. The monoisotopic (exact) mass is 467 g/mol. The summed E-state index contributed by atoms with van der Waals surface area (Å²) in [6.07, 6.45) is 1.46. The zero-order chi connectivity index (χ0) is 23.2. The third-order valence-corrected chi connectivity index (χ3v) is 5.65. The van der Waals surface area contributed by atoms with Gasteiger partial charge in [0.2, 0.25) is 11.7 Å². The first-order valence-corrected chi connectivity index (χ1v) is 11.4. The van der Waals surface area contributed by atoms with Crippen molar-refractivity contribution in [2.24, 2.45) is 0 Å². The molecule has 2 heterocycles. The molecule has 4 aromatic rings. The van der Waals surface area contributed by atoms with Crippen molar-refractivity contribution >= 4 is 34.2 Å². The lowest BCUT2D eigenvalue weighted by Crippen LogP contribution is -2.26. The molecular weight excluding hydrogens is 442 g/mol. The smallest absolute Gasteiger partial charge is 0.263 e. The first kappa shape index (κ1) is 22.9. The molecule has 0 aliphatic rings. The van der Waals surface area contributed by atoms with Crippen molar-refractivity contribution in [3.63, 3.8) is 0 Å². The molecule has 0 fully saturated rings. The predicted molar refractivity (Wildman–Crippen MR) is 128 cm³/mol. The minimum absolute atomic E-state index is 0.0537. The van der Waals surface area contributed by atoms with Crippen LogP contribution in [0.3, 0.4) is 0 Å². The molecule has 172 valence electrons. The van der Waals surface area contributed by atoms with E-state index in [4.69, 9.17) is 16.3 Å². The van der Waals surface area contributed by atoms with Gasteiger partial charge in [-0.15, -0.1) is 10.2 Å². The fraction of sp³-hybridized carbons (Fsp3) is 0.333. The molecule has 2 aromatic carbocycles. The number of nitrogens with zero attached hydrogens (tertiary/aromatic N) is 4. The molecule has 4 rings (SSSR count). The Kier molecular flexibility index (Phi) is 7.36. The van der Waals surface area contributed by atoms with Gasteiger partial charge in [-0.25, -0.2) is 0 Å². The average Bonchev–Trinajstić information content (AvgIpc) is 3.25. The van der Waals surface area contributed by atoms with Crippen LogP contribution in [0.15, 0.2) is 53.3 Å². The largest absolute Gasteiger partial charge is 0.382 e. The quantitative estimate of drug-likeness (QED) is 0.362. The van der Waals surface area contributed by atoms with Crippen LogP contribution in [0.25, 0.3) is 16.7 Å². The summed E-state index contributed by atoms with van der Waals surface area (Å²) in [6.45, 7) is 4.15. The SMILES string of the molecule is CCOCCCNC(=O)CCc1nnc2n(Cc3ccc(Cl)cc3)c(=O)c3ccccc3n12. The molecule has 1 N–H and O–H groups in total. The number of para-hydroxylation sites is 1. The standard InChI is InChI=1S/C24H26ClN5O3/c1-2-33-15-5-14-26-22(31)13-12-21-27-28-24-29(16-17-8-10-18(25)11-9-17)23(32)19-6-3-4-7-20(19)30(21)24/h3-4,6-11H,2,5,12-16H2,1H3,(H,26,31). The first-order chi connectivity index (χ1) is 16.1. The number of carbonyl (C=O) groups is 1. The van der Waals surface area contributed by atoms with Gasteiger partial charge >= 0.3 is 0 Å².